The molecule has 4 nitrogen and oxygen atoms in total. The van der Waals surface area contributed by atoms with Gasteiger partial charge in [-0.15, -0.1) is 0 Å². The van der Waals surface area contributed by atoms with Gasteiger partial charge in [-0.05, 0) is 62.0 Å². The van der Waals surface area contributed by atoms with Gasteiger partial charge in [-0.2, -0.15) is 0 Å². The van der Waals surface area contributed by atoms with Crippen LogP contribution in [0.25, 0.3) is 0 Å². The standard InChI is InChI=1S/C17H28N2O2/c1-17(2)8-3-10-19(11-9-17)12-15(20)13-21-16-6-4-14(18)5-7-16/h4-7,15,20H,3,8-13,18H2,1-2H3. The quantitative estimate of drug-likeness (QED) is 0.819. The maximum absolute atomic E-state index is 10.1. The van der Waals surface area contributed by atoms with Crippen LogP contribution in [0.3, 0.4) is 0 Å². The van der Waals surface area contributed by atoms with Crippen molar-refractivity contribution in [3.05, 3.63) is 24.3 Å². The highest BCUT2D eigenvalue weighted by atomic mass is 16.5. The van der Waals surface area contributed by atoms with Gasteiger partial charge in [0.15, 0.2) is 0 Å². The Morgan fingerprint density at radius 1 is 1.24 bits per heavy atom. The molecule has 3 N–H and O–H groups in total. The summed E-state index contributed by atoms with van der Waals surface area (Å²) in [5.41, 5.74) is 6.78. The fraction of sp³-hybridized carbons (Fsp3) is 0.647. The summed E-state index contributed by atoms with van der Waals surface area (Å²) in [4.78, 5) is 2.35. The van der Waals surface area contributed by atoms with Crippen LogP contribution >= 0.6 is 0 Å². The Hall–Kier alpha value is -1.26. The van der Waals surface area contributed by atoms with Crippen molar-refractivity contribution in [2.24, 2.45) is 5.41 Å². The molecule has 1 aromatic rings. The van der Waals surface area contributed by atoms with E-state index < -0.39 is 6.10 Å². The van der Waals surface area contributed by atoms with E-state index in [4.69, 9.17) is 10.5 Å². The second-order valence-corrected chi connectivity index (χ2v) is 6.85. The maximum Gasteiger partial charge on any atom is 0.119 e. The van der Waals surface area contributed by atoms with E-state index in [-0.39, 0.29) is 0 Å². The molecule has 2 rings (SSSR count). The molecule has 0 saturated carbocycles. The molecule has 0 amide bonds. The third kappa shape index (κ3) is 5.56. The van der Waals surface area contributed by atoms with Gasteiger partial charge in [0.05, 0.1) is 0 Å². The Bertz CT molecular complexity index is 431. The average molecular weight is 292 g/mol. The molecule has 21 heavy (non-hydrogen) atoms. The molecular weight excluding hydrogens is 264 g/mol. The first-order valence-corrected chi connectivity index (χ1v) is 7.83. The Morgan fingerprint density at radius 2 is 1.95 bits per heavy atom. The van der Waals surface area contributed by atoms with Gasteiger partial charge in [0.25, 0.3) is 0 Å². The molecule has 1 aliphatic rings. The fourth-order valence-electron chi connectivity index (χ4n) is 2.77. The largest absolute Gasteiger partial charge is 0.491 e. The van der Waals surface area contributed by atoms with E-state index in [1.807, 2.05) is 12.1 Å². The Morgan fingerprint density at radius 3 is 2.67 bits per heavy atom. The van der Waals surface area contributed by atoms with Crippen LogP contribution in [-0.2, 0) is 0 Å². The molecule has 1 fully saturated rings. The second kappa shape index (κ2) is 7.14. The number of hydrogen-bond donors (Lipinski definition) is 2. The van der Waals surface area contributed by atoms with Crippen molar-refractivity contribution in [2.45, 2.75) is 39.2 Å². The third-order valence-corrected chi connectivity index (χ3v) is 4.22. The van der Waals surface area contributed by atoms with Gasteiger partial charge < -0.3 is 20.5 Å². The lowest BCUT2D eigenvalue weighted by Crippen LogP contribution is -2.36. The maximum atomic E-state index is 10.1. The molecule has 118 valence electrons. The number of aliphatic hydroxyl groups excluding tert-OH is 1. The lowest BCUT2D eigenvalue weighted by Gasteiger charge is -2.25. The molecule has 1 aliphatic heterocycles. The summed E-state index contributed by atoms with van der Waals surface area (Å²) in [6.45, 7) is 7.80. The van der Waals surface area contributed by atoms with E-state index in [1.165, 1.54) is 19.3 Å². The zero-order valence-electron chi connectivity index (χ0n) is 13.2. The summed E-state index contributed by atoms with van der Waals surface area (Å²) in [6.07, 6.45) is 3.21. The topological polar surface area (TPSA) is 58.7 Å². The van der Waals surface area contributed by atoms with E-state index in [0.717, 1.165) is 24.5 Å². The van der Waals surface area contributed by atoms with Crippen molar-refractivity contribution in [3.8, 4) is 5.75 Å². The van der Waals surface area contributed by atoms with Crippen LogP contribution in [0.4, 0.5) is 5.69 Å². The molecule has 1 heterocycles. The zero-order valence-corrected chi connectivity index (χ0v) is 13.2. The summed E-state index contributed by atoms with van der Waals surface area (Å²) >= 11 is 0. The molecular formula is C17H28N2O2. The van der Waals surface area contributed by atoms with Gasteiger partial charge in [-0.1, -0.05) is 13.8 Å². The van der Waals surface area contributed by atoms with Crippen molar-refractivity contribution < 1.29 is 9.84 Å². The van der Waals surface area contributed by atoms with Crippen LogP contribution < -0.4 is 10.5 Å². The molecule has 0 aliphatic carbocycles. The first-order chi connectivity index (χ1) is 9.94. The number of likely N-dealkylation sites (tertiary alicyclic amines) is 1. The number of β-amino-alcohol motifs (C(OH)–C–C–N with tert-alkyl or cyclic N) is 1. The van der Waals surface area contributed by atoms with Gasteiger partial charge in [0, 0.05) is 12.2 Å². The Kier molecular flexibility index (Phi) is 5.48. The van der Waals surface area contributed by atoms with Crippen LogP contribution in [0.5, 0.6) is 5.75 Å². The number of nitrogen functional groups attached to an aromatic ring is 1. The Balaban J connectivity index is 1.74. The summed E-state index contributed by atoms with van der Waals surface area (Å²) in [5.74, 6) is 0.750. The predicted molar refractivity (Wildman–Crippen MR) is 86.4 cm³/mol. The van der Waals surface area contributed by atoms with Crippen molar-refractivity contribution in [1.82, 2.24) is 4.90 Å². The van der Waals surface area contributed by atoms with Crippen LogP contribution in [0.15, 0.2) is 24.3 Å². The molecule has 0 spiro atoms. The summed E-state index contributed by atoms with van der Waals surface area (Å²) in [6, 6.07) is 7.27. The van der Waals surface area contributed by atoms with E-state index in [2.05, 4.69) is 18.7 Å². The smallest absolute Gasteiger partial charge is 0.119 e. The normalized spacial score (nSPS) is 20.7. The highest BCUT2D eigenvalue weighted by molar-refractivity contribution is 5.41. The number of nitrogens with two attached hydrogens (primary N) is 1. The zero-order chi connectivity index (χ0) is 15.3. The predicted octanol–water partition coefficient (Wildman–Crippen LogP) is 2.52. The number of hydrogen-bond acceptors (Lipinski definition) is 4. The molecule has 1 unspecified atom stereocenters. The van der Waals surface area contributed by atoms with Gasteiger partial charge >= 0.3 is 0 Å². The minimum absolute atomic E-state index is 0.323. The van der Waals surface area contributed by atoms with Crippen LogP contribution in [0.1, 0.15) is 33.1 Å². The fourth-order valence-corrected chi connectivity index (χ4v) is 2.77. The van der Waals surface area contributed by atoms with Crippen molar-refractivity contribution in [1.29, 1.82) is 0 Å². The van der Waals surface area contributed by atoms with Crippen molar-refractivity contribution in [2.75, 3.05) is 32.0 Å². The van der Waals surface area contributed by atoms with E-state index in [0.29, 0.717) is 18.6 Å². The highest BCUT2D eigenvalue weighted by Gasteiger charge is 2.24. The summed E-state index contributed by atoms with van der Waals surface area (Å²) in [7, 11) is 0. The van der Waals surface area contributed by atoms with Crippen LogP contribution in [-0.4, -0.2) is 42.4 Å². The molecule has 1 saturated heterocycles. The number of aliphatic hydroxyl groups is 1. The van der Waals surface area contributed by atoms with Gasteiger partial charge in [0.1, 0.15) is 18.5 Å². The van der Waals surface area contributed by atoms with Crippen molar-refractivity contribution >= 4 is 5.69 Å². The Labute approximate surface area is 127 Å². The van der Waals surface area contributed by atoms with E-state index in [1.54, 1.807) is 12.1 Å². The van der Waals surface area contributed by atoms with E-state index >= 15 is 0 Å². The molecule has 0 radical (unpaired) electrons. The van der Waals surface area contributed by atoms with Gasteiger partial charge in [-0.3, -0.25) is 0 Å². The summed E-state index contributed by atoms with van der Waals surface area (Å²) in [5, 5.41) is 10.1. The molecule has 0 bridgehead atoms. The first-order valence-electron chi connectivity index (χ1n) is 7.83. The minimum atomic E-state index is -0.455. The van der Waals surface area contributed by atoms with E-state index in [9.17, 15) is 5.11 Å². The molecule has 1 aromatic carbocycles. The molecule has 0 aromatic heterocycles. The minimum Gasteiger partial charge on any atom is -0.491 e. The van der Waals surface area contributed by atoms with Gasteiger partial charge in [-0.25, -0.2) is 0 Å². The lowest BCUT2D eigenvalue weighted by atomic mass is 9.85. The first kappa shape index (κ1) is 16.1. The van der Waals surface area contributed by atoms with Gasteiger partial charge in [0.2, 0.25) is 0 Å². The molecule has 1 atom stereocenters. The highest BCUT2D eigenvalue weighted by Crippen LogP contribution is 2.29. The van der Waals surface area contributed by atoms with Crippen LogP contribution in [0.2, 0.25) is 0 Å². The SMILES string of the molecule is CC1(C)CCCN(CC(O)COc2ccc(N)cc2)CC1. The van der Waals surface area contributed by atoms with Crippen LogP contribution in [0, 0.1) is 5.41 Å². The summed E-state index contributed by atoms with van der Waals surface area (Å²) < 4.78 is 5.60. The number of anilines is 1. The molecule has 4 heteroatoms. The number of ether oxygens (including phenoxy) is 1. The lowest BCUT2D eigenvalue weighted by molar-refractivity contribution is 0.0684. The number of benzene rings is 1. The second-order valence-electron chi connectivity index (χ2n) is 6.85. The number of nitrogens with zero attached hydrogens (tertiary/aromatic N) is 1. The van der Waals surface area contributed by atoms with Crippen molar-refractivity contribution in [3.63, 3.8) is 0 Å². The average Bonchev–Trinajstić information content (AvgIpc) is 2.60. The monoisotopic (exact) mass is 292 g/mol. The number of rotatable bonds is 5. The third-order valence-electron chi connectivity index (χ3n) is 4.22.